The minimum Gasteiger partial charge on any atom is -0.365 e. The fourth-order valence-electron chi connectivity index (χ4n) is 3.24. The summed E-state index contributed by atoms with van der Waals surface area (Å²) in [4.78, 5) is 18.7. The molecule has 1 aromatic carbocycles. The zero-order chi connectivity index (χ0) is 17.7. The van der Waals surface area contributed by atoms with Gasteiger partial charge in [-0.15, -0.1) is 0 Å². The molecule has 0 spiro atoms. The molecule has 25 heavy (non-hydrogen) atoms. The Morgan fingerprint density at radius 1 is 1.36 bits per heavy atom. The predicted molar refractivity (Wildman–Crippen MR) is 103 cm³/mol. The van der Waals surface area contributed by atoms with Crippen LogP contribution in [0.25, 0.3) is 0 Å². The van der Waals surface area contributed by atoms with E-state index in [9.17, 15) is 4.79 Å². The van der Waals surface area contributed by atoms with Crippen LogP contribution in [0.1, 0.15) is 21.5 Å². The third-order valence-corrected chi connectivity index (χ3v) is 6.49. The highest BCUT2D eigenvalue weighted by Gasteiger charge is 2.38. The number of anilines is 1. The second-order valence-corrected chi connectivity index (χ2v) is 8.44. The van der Waals surface area contributed by atoms with Crippen LogP contribution in [0.5, 0.6) is 0 Å². The van der Waals surface area contributed by atoms with Crippen LogP contribution in [0.2, 0.25) is 5.02 Å². The van der Waals surface area contributed by atoms with Crippen LogP contribution in [0.3, 0.4) is 0 Å². The molecule has 2 aliphatic heterocycles. The number of aryl methyl sites for hydroxylation is 1. The summed E-state index contributed by atoms with van der Waals surface area (Å²) < 4.78 is 1.58. The molecular formula is C17H15Cl2N4OS+. The summed E-state index contributed by atoms with van der Waals surface area (Å²) in [5.41, 5.74) is 9.49. The number of fused-ring (bicyclic) bond motifs is 3. The second-order valence-electron chi connectivity index (χ2n) is 5.87. The molecule has 0 aliphatic carbocycles. The van der Waals surface area contributed by atoms with E-state index in [1.165, 1.54) is 0 Å². The summed E-state index contributed by atoms with van der Waals surface area (Å²) in [7, 11) is -0.243. The first-order valence-corrected chi connectivity index (χ1v) is 10.00. The molecule has 8 heteroatoms. The predicted octanol–water partition coefficient (Wildman–Crippen LogP) is 3.80. The maximum absolute atomic E-state index is 11.9. The zero-order valence-corrected chi connectivity index (χ0v) is 15.7. The maximum Gasteiger partial charge on any atom is 0.254 e. The number of benzene rings is 1. The maximum atomic E-state index is 11.9. The van der Waals surface area contributed by atoms with Crippen LogP contribution in [-0.4, -0.2) is 22.7 Å². The normalized spacial score (nSPS) is 16.8. The van der Waals surface area contributed by atoms with Gasteiger partial charge in [-0.25, -0.2) is 0 Å². The number of allylic oxidation sites excluding steroid dienone is 1. The van der Waals surface area contributed by atoms with Crippen molar-refractivity contribution in [2.75, 3.05) is 11.6 Å². The molecule has 1 atom stereocenters. The number of nitrogens with zero attached hydrogens (tertiary/aromatic N) is 3. The van der Waals surface area contributed by atoms with Crippen LogP contribution in [0, 0.1) is 0 Å². The first kappa shape index (κ1) is 16.4. The van der Waals surface area contributed by atoms with Gasteiger partial charge in [0.15, 0.2) is 5.38 Å². The van der Waals surface area contributed by atoms with Crippen LogP contribution in [0.15, 0.2) is 46.5 Å². The Morgan fingerprint density at radius 3 is 2.84 bits per heavy atom. The van der Waals surface area contributed by atoms with Crippen LogP contribution < -0.4 is 10.6 Å². The number of nitrogens with two attached hydrogens (primary N) is 1. The van der Waals surface area contributed by atoms with E-state index in [0.29, 0.717) is 23.8 Å². The number of aliphatic imine (C=N–C) groups is 1. The Bertz CT molecular complexity index is 950. The lowest BCUT2D eigenvalue weighted by atomic mass is 10.1. The summed E-state index contributed by atoms with van der Waals surface area (Å²) >= 11 is 12.7. The third-order valence-electron chi connectivity index (χ3n) is 4.29. The molecule has 0 saturated carbocycles. The van der Waals surface area contributed by atoms with E-state index in [1.54, 1.807) is 4.42 Å². The van der Waals surface area contributed by atoms with E-state index in [0.717, 1.165) is 27.5 Å². The second kappa shape index (κ2) is 6.05. The van der Waals surface area contributed by atoms with Crippen LogP contribution in [-0.2, 0) is 12.8 Å². The number of hydrogen-bond donors (Lipinski definition) is 1. The van der Waals surface area contributed by atoms with Crippen molar-refractivity contribution in [1.29, 1.82) is 0 Å². The Morgan fingerprint density at radius 2 is 2.12 bits per heavy atom. The highest BCUT2D eigenvalue weighted by atomic mass is 35.5. The van der Waals surface area contributed by atoms with Gasteiger partial charge in [0.25, 0.3) is 10.9 Å². The molecule has 1 amide bonds. The Hall–Kier alpha value is -2.02. The molecule has 2 N–H and O–H groups in total. The van der Waals surface area contributed by atoms with Crippen LogP contribution in [0.4, 0.5) is 5.00 Å². The molecule has 3 heterocycles. The van der Waals surface area contributed by atoms with Gasteiger partial charge in [0.2, 0.25) is 0 Å². The number of halogens is 2. The van der Waals surface area contributed by atoms with Gasteiger partial charge in [0.05, 0.1) is 28.5 Å². The molecule has 2 aromatic rings. The first-order valence-electron chi connectivity index (χ1n) is 7.58. The minimum atomic E-state index is -0.423. The monoisotopic (exact) mass is 393 g/mol. The minimum absolute atomic E-state index is 0.243. The fourth-order valence-corrected chi connectivity index (χ4v) is 5.46. The molecular weight excluding hydrogens is 379 g/mol. The fraction of sp³-hybridized carbons (Fsp3) is 0.176. The number of rotatable bonds is 2. The number of hydrogen-bond acceptors (Lipinski definition) is 4. The number of carbonyl (C=O) groups is 1. The van der Waals surface area contributed by atoms with E-state index in [2.05, 4.69) is 11.2 Å². The summed E-state index contributed by atoms with van der Waals surface area (Å²) in [5.74, 6) is -0.423. The van der Waals surface area contributed by atoms with Crippen molar-refractivity contribution in [2.24, 2.45) is 17.0 Å². The summed E-state index contributed by atoms with van der Waals surface area (Å²) in [6, 6.07) is 7.58. The standard InChI is InChI=1S/C17H14Cl2N4OS/c1-25-8-12(16(20)24)11-6-21-15(10-4-2-3-5-13(10)18)14-7-22(19)9-23(14)17(11)25/h2-5,7-8H,6,9H2,1H3,(H-,20,24)/p+1. The van der Waals surface area contributed by atoms with Crippen molar-refractivity contribution in [3.63, 3.8) is 0 Å². The third kappa shape index (κ3) is 2.61. The number of primary amides is 1. The summed E-state index contributed by atoms with van der Waals surface area (Å²) in [6.07, 6.45) is 3.92. The number of carbonyl (C=O) groups excluding carboxylic acids is 1. The van der Waals surface area contributed by atoms with Gasteiger partial charge in [-0.1, -0.05) is 29.8 Å². The summed E-state index contributed by atoms with van der Waals surface area (Å²) in [6.45, 7) is 0.870. The molecule has 4 rings (SSSR count). The van der Waals surface area contributed by atoms with Crippen molar-refractivity contribution in [2.45, 2.75) is 6.54 Å². The topological polar surface area (TPSA) is 61.9 Å². The molecule has 128 valence electrons. The van der Waals surface area contributed by atoms with Crippen molar-refractivity contribution in [3.05, 3.63) is 63.3 Å². The Labute approximate surface area is 158 Å². The molecule has 2 aliphatic rings. The molecule has 0 radical (unpaired) electrons. The van der Waals surface area contributed by atoms with Crippen molar-refractivity contribution in [3.8, 4) is 0 Å². The first-order chi connectivity index (χ1) is 12.0. The highest BCUT2D eigenvalue weighted by Crippen LogP contribution is 2.45. The van der Waals surface area contributed by atoms with E-state index in [4.69, 9.17) is 34.1 Å². The molecule has 0 saturated heterocycles. The van der Waals surface area contributed by atoms with E-state index in [-0.39, 0.29) is 10.5 Å². The average Bonchev–Trinajstić information content (AvgIpc) is 3.05. The average molecular weight is 394 g/mol. The molecule has 0 bridgehead atoms. The Kier molecular flexibility index (Phi) is 3.98. The molecule has 1 aromatic heterocycles. The largest absolute Gasteiger partial charge is 0.365 e. The van der Waals surface area contributed by atoms with Gasteiger partial charge < -0.3 is 5.73 Å². The van der Waals surface area contributed by atoms with Gasteiger partial charge in [0, 0.05) is 23.5 Å². The summed E-state index contributed by atoms with van der Waals surface area (Å²) in [5, 5.41) is 3.60. The number of amides is 1. The molecule has 0 fully saturated rings. The van der Waals surface area contributed by atoms with Crippen molar-refractivity contribution < 1.29 is 4.79 Å². The molecule has 5 nitrogen and oxygen atoms in total. The zero-order valence-electron chi connectivity index (χ0n) is 13.4. The van der Waals surface area contributed by atoms with E-state index >= 15 is 0 Å². The van der Waals surface area contributed by atoms with E-state index < -0.39 is 5.91 Å². The van der Waals surface area contributed by atoms with Gasteiger partial charge >= 0.3 is 0 Å². The van der Waals surface area contributed by atoms with Crippen molar-refractivity contribution in [1.82, 2.24) is 4.42 Å². The SMILES string of the molecule is C[s+]1cc(C(N)=O)c2c1N1CN(Cl)C=C1C(c1ccccc1Cl)=NC2. The Balaban J connectivity index is 1.93. The quantitative estimate of drug-likeness (QED) is 0.623. The molecule has 1 unspecified atom stereocenters. The lowest BCUT2D eigenvalue weighted by Crippen LogP contribution is -2.26. The van der Waals surface area contributed by atoms with Crippen LogP contribution >= 0.6 is 33.8 Å². The van der Waals surface area contributed by atoms with Gasteiger partial charge in [-0.3, -0.25) is 19.1 Å². The lowest BCUT2D eigenvalue weighted by molar-refractivity contribution is 0.1000. The highest BCUT2D eigenvalue weighted by molar-refractivity contribution is 7.32. The number of thiophene rings is 1. The smallest absolute Gasteiger partial charge is 0.254 e. The van der Waals surface area contributed by atoms with Gasteiger partial charge in [0.1, 0.15) is 18.5 Å². The van der Waals surface area contributed by atoms with Gasteiger partial charge in [-0.05, 0) is 16.5 Å². The van der Waals surface area contributed by atoms with Gasteiger partial charge in [-0.2, -0.15) is 0 Å². The van der Waals surface area contributed by atoms with E-state index in [1.807, 2.05) is 35.8 Å². The van der Waals surface area contributed by atoms with Crippen molar-refractivity contribution >= 4 is 50.5 Å². The lowest BCUT2D eigenvalue weighted by Gasteiger charge is -2.18.